The van der Waals surface area contributed by atoms with Crippen LogP contribution in [0.2, 0.25) is 0 Å². The minimum Gasteiger partial charge on any atom is -0.496 e. The molecular formula is C20H28N3O3S+. The van der Waals surface area contributed by atoms with Gasteiger partial charge in [0, 0.05) is 11.5 Å². The molecule has 6 nitrogen and oxygen atoms in total. The number of carbonyl (C=O) groups excluding carboxylic acids is 2. The zero-order valence-corrected chi connectivity index (χ0v) is 16.7. The highest BCUT2D eigenvalue weighted by atomic mass is 32.2. The normalized spacial score (nSPS) is 23.7. The molecule has 4 rings (SSSR count). The number of piperazine rings is 1. The Labute approximate surface area is 164 Å². The number of thioether (sulfide) groups is 1. The van der Waals surface area contributed by atoms with Crippen molar-refractivity contribution in [2.75, 3.05) is 52.1 Å². The molecule has 1 aromatic carbocycles. The average molecular weight is 391 g/mol. The molecule has 1 atom stereocenters. The van der Waals surface area contributed by atoms with Crippen molar-refractivity contribution in [3.8, 4) is 5.75 Å². The number of ether oxygens (including phenoxy) is 1. The van der Waals surface area contributed by atoms with Crippen molar-refractivity contribution in [2.45, 2.75) is 18.2 Å². The number of nitrogens with zero attached hydrogens (tertiary/aromatic N) is 2. The molecular weight excluding hydrogens is 362 g/mol. The first-order chi connectivity index (χ1) is 13.2. The lowest BCUT2D eigenvalue weighted by Gasteiger charge is -2.34. The number of hydrogen-bond acceptors (Lipinski definition) is 4. The monoisotopic (exact) mass is 390 g/mol. The van der Waals surface area contributed by atoms with Gasteiger partial charge in [0.15, 0.2) is 0 Å². The molecule has 2 heterocycles. The largest absolute Gasteiger partial charge is 0.496 e. The zero-order chi connectivity index (χ0) is 18.8. The second-order valence-electron chi connectivity index (χ2n) is 7.59. The third-order valence-electron chi connectivity index (χ3n) is 5.79. The summed E-state index contributed by atoms with van der Waals surface area (Å²) >= 11 is 1.68. The molecule has 3 aliphatic rings. The van der Waals surface area contributed by atoms with Crippen LogP contribution in [0.25, 0.3) is 0 Å². The fourth-order valence-electron chi connectivity index (χ4n) is 3.98. The summed E-state index contributed by atoms with van der Waals surface area (Å²) in [4.78, 5) is 30.2. The Kier molecular flexibility index (Phi) is 5.59. The fraction of sp³-hybridized carbons (Fsp3) is 0.600. The van der Waals surface area contributed by atoms with Crippen LogP contribution >= 0.6 is 11.8 Å². The third kappa shape index (κ3) is 4.09. The summed E-state index contributed by atoms with van der Waals surface area (Å²) in [6, 6.07) is 7.97. The van der Waals surface area contributed by atoms with Gasteiger partial charge in [-0.2, -0.15) is 0 Å². The van der Waals surface area contributed by atoms with Gasteiger partial charge in [0.1, 0.15) is 11.1 Å². The van der Waals surface area contributed by atoms with Gasteiger partial charge in [0.05, 0.1) is 52.1 Å². The Balaban J connectivity index is 1.33. The first kappa shape index (κ1) is 18.6. The van der Waals surface area contributed by atoms with Gasteiger partial charge in [-0.15, -0.1) is 11.8 Å². The van der Waals surface area contributed by atoms with Crippen LogP contribution in [0.1, 0.15) is 23.8 Å². The molecule has 27 heavy (non-hydrogen) atoms. The van der Waals surface area contributed by atoms with Crippen molar-refractivity contribution in [1.82, 2.24) is 9.80 Å². The summed E-state index contributed by atoms with van der Waals surface area (Å²) < 4.78 is 5.50. The summed E-state index contributed by atoms with van der Waals surface area (Å²) in [5.41, 5.74) is 1.07. The zero-order valence-electron chi connectivity index (χ0n) is 15.9. The van der Waals surface area contributed by atoms with Crippen LogP contribution in [-0.4, -0.2) is 73.7 Å². The SMILES string of the molecule is COc1ccccc1[C@@H]1SCC(=O)N1CC[NH+]1CCN(C(=O)C2CC2)CC1. The smallest absolute Gasteiger partial charge is 0.234 e. The molecule has 146 valence electrons. The number of para-hydroxylation sites is 1. The Morgan fingerprint density at radius 3 is 2.70 bits per heavy atom. The van der Waals surface area contributed by atoms with Gasteiger partial charge in [-0.1, -0.05) is 18.2 Å². The van der Waals surface area contributed by atoms with Crippen LogP contribution in [0.4, 0.5) is 0 Å². The molecule has 3 fully saturated rings. The van der Waals surface area contributed by atoms with Crippen LogP contribution in [0.15, 0.2) is 24.3 Å². The average Bonchev–Trinajstić information content (AvgIpc) is 3.49. The second kappa shape index (κ2) is 8.10. The summed E-state index contributed by atoms with van der Waals surface area (Å²) in [5, 5.41) is 0.0331. The van der Waals surface area contributed by atoms with E-state index in [0.29, 0.717) is 17.6 Å². The molecule has 0 radical (unpaired) electrons. The maximum Gasteiger partial charge on any atom is 0.234 e. The van der Waals surface area contributed by atoms with Crippen LogP contribution in [0.5, 0.6) is 5.75 Å². The molecule has 0 spiro atoms. The topological polar surface area (TPSA) is 54.3 Å². The van der Waals surface area contributed by atoms with Crippen LogP contribution < -0.4 is 9.64 Å². The first-order valence-electron chi connectivity index (χ1n) is 9.83. The molecule has 2 saturated heterocycles. The standard InChI is InChI=1S/C20H27N3O3S/c1-26-17-5-3-2-4-16(17)20-23(18(24)14-27-20)13-10-21-8-11-22(12-9-21)19(25)15-6-7-15/h2-5,15,20H,6-14H2,1H3/p+1/t20-/m0/s1. The number of benzene rings is 1. The maximum atomic E-state index is 12.5. The van der Waals surface area contributed by atoms with Gasteiger partial charge >= 0.3 is 0 Å². The molecule has 2 aliphatic heterocycles. The quantitative estimate of drug-likeness (QED) is 0.764. The van der Waals surface area contributed by atoms with Crippen molar-refractivity contribution in [2.24, 2.45) is 5.92 Å². The van der Waals surface area contributed by atoms with Crippen molar-refractivity contribution in [1.29, 1.82) is 0 Å². The second-order valence-corrected chi connectivity index (χ2v) is 8.66. The molecule has 1 aromatic rings. The fourth-order valence-corrected chi connectivity index (χ4v) is 5.23. The van der Waals surface area contributed by atoms with Gasteiger partial charge in [0.25, 0.3) is 0 Å². The van der Waals surface area contributed by atoms with Crippen LogP contribution in [0, 0.1) is 5.92 Å². The maximum absolute atomic E-state index is 12.5. The van der Waals surface area contributed by atoms with E-state index in [2.05, 4.69) is 6.07 Å². The highest BCUT2D eigenvalue weighted by Crippen LogP contribution is 2.41. The molecule has 1 saturated carbocycles. The van der Waals surface area contributed by atoms with Gasteiger partial charge in [-0.25, -0.2) is 0 Å². The Morgan fingerprint density at radius 1 is 1.26 bits per heavy atom. The van der Waals surface area contributed by atoms with E-state index in [4.69, 9.17) is 4.74 Å². The highest BCUT2D eigenvalue weighted by molar-refractivity contribution is 8.00. The number of methoxy groups -OCH3 is 1. The highest BCUT2D eigenvalue weighted by Gasteiger charge is 2.37. The van der Waals surface area contributed by atoms with E-state index < -0.39 is 0 Å². The Morgan fingerprint density at radius 2 is 2.00 bits per heavy atom. The van der Waals surface area contributed by atoms with Gasteiger partial charge in [0.2, 0.25) is 11.8 Å². The Bertz CT molecular complexity index is 701. The molecule has 0 aromatic heterocycles. The molecule has 7 heteroatoms. The lowest BCUT2D eigenvalue weighted by atomic mass is 10.2. The number of amides is 2. The number of quaternary nitrogens is 1. The molecule has 1 aliphatic carbocycles. The molecule has 0 unspecified atom stereocenters. The number of carbonyl (C=O) groups is 2. The van der Waals surface area contributed by atoms with E-state index in [0.717, 1.165) is 63.4 Å². The number of nitrogens with one attached hydrogen (secondary N) is 1. The van der Waals surface area contributed by atoms with Crippen molar-refractivity contribution in [3.05, 3.63) is 29.8 Å². The lowest BCUT2D eigenvalue weighted by molar-refractivity contribution is -0.903. The van der Waals surface area contributed by atoms with Crippen LogP contribution in [0.3, 0.4) is 0 Å². The van der Waals surface area contributed by atoms with E-state index in [1.54, 1.807) is 18.9 Å². The first-order valence-corrected chi connectivity index (χ1v) is 10.9. The lowest BCUT2D eigenvalue weighted by Crippen LogP contribution is -3.15. The Hall–Kier alpha value is -1.73. The summed E-state index contributed by atoms with van der Waals surface area (Å²) in [6.45, 7) is 5.34. The van der Waals surface area contributed by atoms with Gasteiger partial charge in [-0.05, 0) is 18.9 Å². The van der Waals surface area contributed by atoms with Gasteiger partial charge < -0.3 is 19.4 Å². The summed E-state index contributed by atoms with van der Waals surface area (Å²) in [7, 11) is 1.68. The van der Waals surface area contributed by atoms with Crippen molar-refractivity contribution in [3.63, 3.8) is 0 Å². The molecule has 1 N–H and O–H groups in total. The molecule has 2 amide bonds. The minimum absolute atomic E-state index is 0.0331. The summed E-state index contributed by atoms with van der Waals surface area (Å²) in [5.74, 6) is 2.25. The van der Waals surface area contributed by atoms with Crippen molar-refractivity contribution >= 4 is 23.6 Å². The summed E-state index contributed by atoms with van der Waals surface area (Å²) in [6.07, 6.45) is 2.15. The van der Waals surface area contributed by atoms with E-state index in [9.17, 15) is 9.59 Å². The van der Waals surface area contributed by atoms with Crippen molar-refractivity contribution < 1.29 is 19.2 Å². The minimum atomic E-state index is 0.0331. The predicted octanol–water partition coefficient (Wildman–Crippen LogP) is 0.406. The predicted molar refractivity (Wildman–Crippen MR) is 105 cm³/mol. The van der Waals surface area contributed by atoms with E-state index >= 15 is 0 Å². The van der Waals surface area contributed by atoms with E-state index in [-0.39, 0.29) is 11.3 Å². The number of rotatable bonds is 6. The van der Waals surface area contributed by atoms with E-state index in [1.165, 1.54) is 4.90 Å². The molecule has 0 bridgehead atoms. The van der Waals surface area contributed by atoms with Gasteiger partial charge in [-0.3, -0.25) is 9.59 Å². The van der Waals surface area contributed by atoms with E-state index in [1.807, 2.05) is 28.0 Å². The van der Waals surface area contributed by atoms with Crippen LogP contribution in [-0.2, 0) is 9.59 Å². The number of hydrogen-bond donors (Lipinski definition) is 1. The third-order valence-corrected chi connectivity index (χ3v) is 7.03.